The van der Waals surface area contributed by atoms with Crippen molar-refractivity contribution in [3.05, 3.63) is 20.8 Å². The summed E-state index contributed by atoms with van der Waals surface area (Å²) < 4.78 is 0. The van der Waals surface area contributed by atoms with Crippen molar-refractivity contribution in [1.29, 1.82) is 0 Å². The fraction of sp³-hybridized carbons (Fsp3) is 0.250. The Kier molecular flexibility index (Phi) is 3.93. The molecule has 1 aromatic rings. The number of amides is 1. The Labute approximate surface area is 95.5 Å². The number of hydrogen-bond acceptors (Lipinski definition) is 4. The molecule has 0 saturated carbocycles. The number of oxime groups is 1. The fourth-order valence-corrected chi connectivity index (χ4v) is 2.06. The Balaban J connectivity index is 2.66. The van der Waals surface area contributed by atoms with Gasteiger partial charge >= 0.3 is 0 Å². The second-order valence-electron chi connectivity index (χ2n) is 2.84. The highest BCUT2D eigenvalue weighted by Crippen LogP contribution is 2.26. The second-order valence-corrected chi connectivity index (χ2v) is 4.09. The molecule has 5 nitrogen and oxygen atoms in total. The standard InChI is InChI=1S/C8H10ClN3O2S/c1-4-3-15-7(6(4)9)8(13)11-2-5(10)12-14/h3,14H,2H2,1H3,(H2,10,12)(H,11,13). The number of amidine groups is 1. The van der Waals surface area contributed by atoms with Gasteiger partial charge < -0.3 is 16.3 Å². The van der Waals surface area contributed by atoms with E-state index < -0.39 is 0 Å². The first kappa shape index (κ1) is 11.8. The third kappa shape index (κ3) is 2.84. The van der Waals surface area contributed by atoms with E-state index in [4.69, 9.17) is 22.5 Å². The summed E-state index contributed by atoms with van der Waals surface area (Å²) in [7, 11) is 0. The molecule has 1 heterocycles. The van der Waals surface area contributed by atoms with Crippen LogP contribution in [-0.4, -0.2) is 23.5 Å². The van der Waals surface area contributed by atoms with Crippen LogP contribution in [0.2, 0.25) is 5.02 Å². The van der Waals surface area contributed by atoms with Gasteiger partial charge in [0.15, 0.2) is 5.84 Å². The number of halogens is 1. The zero-order valence-electron chi connectivity index (χ0n) is 7.95. The van der Waals surface area contributed by atoms with Gasteiger partial charge in [-0.3, -0.25) is 4.79 Å². The van der Waals surface area contributed by atoms with Gasteiger partial charge in [0.2, 0.25) is 0 Å². The summed E-state index contributed by atoms with van der Waals surface area (Å²) in [6, 6.07) is 0. The lowest BCUT2D eigenvalue weighted by molar-refractivity contribution is 0.0963. The minimum absolute atomic E-state index is 0.0113. The topological polar surface area (TPSA) is 87.7 Å². The van der Waals surface area contributed by atoms with Crippen LogP contribution in [0.4, 0.5) is 0 Å². The predicted molar refractivity (Wildman–Crippen MR) is 59.8 cm³/mol. The van der Waals surface area contributed by atoms with Crippen molar-refractivity contribution in [2.24, 2.45) is 10.9 Å². The molecule has 0 aliphatic heterocycles. The van der Waals surface area contributed by atoms with E-state index in [2.05, 4.69) is 10.5 Å². The van der Waals surface area contributed by atoms with E-state index in [1.165, 1.54) is 11.3 Å². The second kappa shape index (κ2) is 4.99. The summed E-state index contributed by atoms with van der Waals surface area (Å²) in [5.74, 6) is -0.391. The molecule has 4 N–H and O–H groups in total. The number of hydrogen-bond donors (Lipinski definition) is 3. The van der Waals surface area contributed by atoms with Crippen molar-refractivity contribution >= 4 is 34.7 Å². The molecule has 0 aliphatic carbocycles. The summed E-state index contributed by atoms with van der Waals surface area (Å²) in [6.07, 6.45) is 0. The van der Waals surface area contributed by atoms with Crippen LogP contribution in [-0.2, 0) is 0 Å². The van der Waals surface area contributed by atoms with Crippen LogP contribution in [0.15, 0.2) is 10.5 Å². The lowest BCUT2D eigenvalue weighted by atomic mass is 10.3. The molecule has 15 heavy (non-hydrogen) atoms. The van der Waals surface area contributed by atoms with E-state index in [0.717, 1.165) is 5.56 Å². The predicted octanol–water partition coefficient (Wildman–Crippen LogP) is 1.19. The first-order valence-electron chi connectivity index (χ1n) is 4.04. The SMILES string of the molecule is Cc1csc(C(=O)NCC(N)=NO)c1Cl. The summed E-state index contributed by atoms with van der Waals surface area (Å²) in [5.41, 5.74) is 6.06. The van der Waals surface area contributed by atoms with Crippen molar-refractivity contribution in [3.63, 3.8) is 0 Å². The van der Waals surface area contributed by atoms with Gasteiger partial charge in [0.25, 0.3) is 5.91 Å². The smallest absolute Gasteiger partial charge is 0.263 e. The van der Waals surface area contributed by atoms with Gasteiger partial charge in [0.1, 0.15) is 4.88 Å². The molecular weight excluding hydrogens is 238 g/mol. The third-order valence-electron chi connectivity index (χ3n) is 1.66. The number of thiophene rings is 1. The van der Waals surface area contributed by atoms with Crippen molar-refractivity contribution < 1.29 is 10.0 Å². The third-order valence-corrected chi connectivity index (χ3v) is 3.36. The highest BCUT2D eigenvalue weighted by atomic mass is 35.5. The van der Waals surface area contributed by atoms with Crippen LogP contribution in [0.25, 0.3) is 0 Å². The molecular formula is C8H10ClN3O2S. The molecule has 0 unspecified atom stereocenters. The number of nitrogens with zero attached hydrogens (tertiary/aromatic N) is 1. The maximum Gasteiger partial charge on any atom is 0.263 e. The number of nitrogens with two attached hydrogens (primary N) is 1. The highest BCUT2D eigenvalue weighted by Gasteiger charge is 2.14. The highest BCUT2D eigenvalue weighted by molar-refractivity contribution is 7.13. The van der Waals surface area contributed by atoms with Gasteiger partial charge in [-0.2, -0.15) is 0 Å². The number of carbonyl (C=O) groups is 1. The minimum atomic E-state index is -0.329. The molecule has 0 radical (unpaired) electrons. The maximum atomic E-state index is 11.5. The van der Waals surface area contributed by atoms with Crippen LogP contribution < -0.4 is 11.1 Å². The van der Waals surface area contributed by atoms with E-state index in [0.29, 0.717) is 9.90 Å². The van der Waals surface area contributed by atoms with Crippen molar-refractivity contribution in [2.75, 3.05) is 6.54 Å². The van der Waals surface area contributed by atoms with Gasteiger partial charge in [0, 0.05) is 0 Å². The molecule has 0 fully saturated rings. The molecule has 0 aromatic carbocycles. The monoisotopic (exact) mass is 247 g/mol. The summed E-state index contributed by atoms with van der Waals surface area (Å²) in [5, 5.41) is 15.7. The summed E-state index contributed by atoms with van der Waals surface area (Å²) in [6.45, 7) is 1.81. The molecule has 7 heteroatoms. The quantitative estimate of drug-likeness (QED) is 0.324. The molecule has 1 amide bonds. The lowest BCUT2D eigenvalue weighted by Crippen LogP contribution is -2.33. The van der Waals surface area contributed by atoms with Crippen LogP contribution >= 0.6 is 22.9 Å². The molecule has 1 rings (SSSR count). The zero-order chi connectivity index (χ0) is 11.4. The first-order valence-corrected chi connectivity index (χ1v) is 5.30. The fourth-order valence-electron chi connectivity index (χ4n) is 0.870. The van der Waals surface area contributed by atoms with Gasteiger partial charge in [-0.25, -0.2) is 0 Å². The van der Waals surface area contributed by atoms with Crippen LogP contribution in [0, 0.1) is 6.92 Å². The number of rotatable bonds is 3. The van der Waals surface area contributed by atoms with Crippen molar-refractivity contribution in [3.8, 4) is 0 Å². The minimum Gasteiger partial charge on any atom is -0.409 e. The Morgan fingerprint density at radius 3 is 2.93 bits per heavy atom. The Morgan fingerprint density at radius 2 is 2.47 bits per heavy atom. The van der Waals surface area contributed by atoms with Crippen LogP contribution in [0.5, 0.6) is 0 Å². The lowest BCUT2D eigenvalue weighted by Gasteiger charge is -2.02. The van der Waals surface area contributed by atoms with E-state index in [1.807, 2.05) is 6.92 Å². The molecule has 0 saturated heterocycles. The van der Waals surface area contributed by atoms with E-state index in [1.54, 1.807) is 5.38 Å². The largest absolute Gasteiger partial charge is 0.409 e. The molecule has 82 valence electrons. The number of nitrogens with one attached hydrogen (secondary N) is 1. The zero-order valence-corrected chi connectivity index (χ0v) is 9.52. The average Bonchev–Trinajstić information content (AvgIpc) is 2.56. The van der Waals surface area contributed by atoms with E-state index in [-0.39, 0.29) is 18.3 Å². The van der Waals surface area contributed by atoms with Crippen molar-refractivity contribution in [1.82, 2.24) is 5.32 Å². The van der Waals surface area contributed by atoms with Gasteiger partial charge in [0.05, 0.1) is 11.6 Å². The van der Waals surface area contributed by atoms with Gasteiger partial charge in [-0.05, 0) is 17.9 Å². The Hall–Kier alpha value is -1.27. The molecule has 0 spiro atoms. The Bertz CT molecular complexity index is 403. The van der Waals surface area contributed by atoms with Crippen LogP contribution in [0.1, 0.15) is 15.2 Å². The normalized spacial score (nSPS) is 11.5. The summed E-state index contributed by atoms with van der Waals surface area (Å²) >= 11 is 7.15. The molecule has 0 bridgehead atoms. The van der Waals surface area contributed by atoms with Crippen LogP contribution in [0.3, 0.4) is 0 Å². The van der Waals surface area contributed by atoms with Gasteiger partial charge in [-0.15, -0.1) is 11.3 Å². The molecule has 1 aromatic heterocycles. The van der Waals surface area contributed by atoms with E-state index >= 15 is 0 Å². The average molecular weight is 248 g/mol. The maximum absolute atomic E-state index is 11.5. The Morgan fingerprint density at radius 1 is 1.80 bits per heavy atom. The number of carbonyl (C=O) groups excluding carboxylic acids is 1. The van der Waals surface area contributed by atoms with Crippen molar-refractivity contribution in [2.45, 2.75) is 6.92 Å². The molecule has 0 aliphatic rings. The first-order chi connectivity index (χ1) is 7.06. The number of aryl methyl sites for hydroxylation is 1. The molecule has 0 atom stereocenters. The van der Waals surface area contributed by atoms with E-state index in [9.17, 15) is 4.79 Å². The van der Waals surface area contributed by atoms with Gasteiger partial charge in [-0.1, -0.05) is 16.8 Å². The summed E-state index contributed by atoms with van der Waals surface area (Å²) in [4.78, 5) is 12.0.